The van der Waals surface area contributed by atoms with E-state index in [1.54, 1.807) is 0 Å². The van der Waals surface area contributed by atoms with Crippen LogP contribution in [0.3, 0.4) is 0 Å². The van der Waals surface area contributed by atoms with Gasteiger partial charge in [0, 0.05) is 0 Å². The van der Waals surface area contributed by atoms with Crippen molar-refractivity contribution in [2.45, 2.75) is 6.92 Å². The molecule has 0 spiro atoms. The molecular weight excluding hydrogens is 250 g/mol. The Morgan fingerprint density at radius 1 is 1.35 bits per heavy atom. The lowest BCUT2D eigenvalue weighted by Gasteiger charge is -1.96. The Kier molecular flexibility index (Phi) is 3.76. The molecule has 2 nitrogen and oxygen atoms in total. The van der Waals surface area contributed by atoms with E-state index in [-0.39, 0.29) is 5.91 Å². The smallest absolute Gasteiger partial charge is 0.263 e. The monoisotopic (exact) mass is 261 g/mol. The quantitative estimate of drug-likeness (QED) is 0.655. The second kappa shape index (κ2) is 5.29. The third-order valence-corrected chi connectivity index (χ3v) is 3.65. The number of nitrogens with one attached hydrogen (secondary N) is 1. The molecule has 0 saturated carbocycles. The predicted molar refractivity (Wildman–Crippen MR) is 76.5 cm³/mol. The molecule has 1 aromatic rings. The van der Waals surface area contributed by atoms with Crippen LogP contribution in [0, 0.1) is 0 Å². The molecule has 0 aliphatic carbocycles. The van der Waals surface area contributed by atoms with E-state index in [4.69, 9.17) is 12.2 Å². The number of hydrogen-bond donors (Lipinski definition) is 1. The number of hydrogen-bond acceptors (Lipinski definition) is 3. The molecule has 1 amide bonds. The highest BCUT2D eigenvalue weighted by molar-refractivity contribution is 8.26. The lowest BCUT2D eigenvalue weighted by Crippen LogP contribution is -2.18. The Morgan fingerprint density at radius 3 is 2.65 bits per heavy atom. The molecule has 0 unspecified atom stereocenters. The summed E-state index contributed by atoms with van der Waals surface area (Å²) < 4.78 is 0.525. The van der Waals surface area contributed by atoms with Crippen LogP contribution >= 0.6 is 24.0 Å². The Morgan fingerprint density at radius 2 is 2.06 bits per heavy atom. The minimum atomic E-state index is -0.102. The van der Waals surface area contributed by atoms with Crippen LogP contribution in [0.5, 0.6) is 0 Å². The van der Waals surface area contributed by atoms with Crippen molar-refractivity contribution in [2.24, 2.45) is 0 Å². The van der Waals surface area contributed by atoms with E-state index in [9.17, 15) is 4.79 Å². The first-order valence-corrected chi connectivity index (χ1v) is 6.36. The summed E-state index contributed by atoms with van der Waals surface area (Å²) in [6.07, 6.45) is 3.92. The zero-order chi connectivity index (χ0) is 12.3. The molecule has 0 radical (unpaired) electrons. The fraction of sp³-hybridized carbons (Fsp3) is 0.0769. The number of rotatable bonds is 2. The summed E-state index contributed by atoms with van der Waals surface area (Å²) in [4.78, 5) is 12.2. The summed E-state index contributed by atoms with van der Waals surface area (Å²) in [7, 11) is 0. The summed E-state index contributed by atoms with van der Waals surface area (Å²) in [5, 5.41) is 2.61. The third-order valence-electron chi connectivity index (χ3n) is 2.30. The van der Waals surface area contributed by atoms with Gasteiger partial charge in [-0.1, -0.05) is 66.5 Å². The molecule has 17 heavy (non-hydrogen) atoms. The van der Waals surface area contributed by atoms with Crippen LogP contribution in [0.4, 0.5) is 0 Å². The second-order valence-electron chi connectivity index (χ2n) is 3.60. The van der Waals surface area contributed by atoms with Gasteiger partial charge in [0.25, 0.3) is 5.91 Å². The number of thiocarbonyl (C=S) groups is 1. The van der Waals surface area contributed by atoms with Gasteiger partial charge in [-0.3, -0.25) is 4.79 Å². The zero-order valence-corrected chi connectivity index (χ0v) is 10.9. The molecule has 1 fully saturated rings. The normalized spacial score (nSPS) is 18.6. The highest BCUT2D eigenvalue weighted by atomic mass is 32.2. The summed E-state index contributed by atoms with van der Waals surface area (Å²) in [6, 6.07) is 9.96. The third kappa shape index (κ3) is 3.05. The van der Waals surface area contributed by atoms with Crippen molar-refractivity contribution in [3.8, 4) is 0 Å². The molecule has 0 aromatic heterocycles. The van der Waals surface area contributed by atoms with Gasteiger partial charge in [0.2, 0.25) is 0 Å². The van der Waals surface area contributed by atoms with Gasteiger partial charge in [0.05, 0.1) is 4.91 Å². The van der Waals surface area contributed by atoms with Crippen molar-refractivity contribution < 1.29 is 4.79 Å². The highest BCUT2D eigenvalue weighted by Crippen LogP contribution is 2.27. The van der Waals surface area contributed by atoms with Crippen molar-refractivity contribution in [3.63, 3.8) is 0 Å². The van der Waals surface area contributed by atoms with Crippen LogP contribution in [-0.2, 0) is 4.79 Å². The Balaban J connectivity index is 2.19. The van der Waals surface area contributed by atoms with Crippen LogP contribution in [0.2, 0.25) is 0 Å². The molecule has 4 heteroatoms. The first-order valence-electron chi connectivity index (χ1n) is 5.14. The predicted octanol–water partition coefficient (Wildman–Crippen LogP) is 3.12. The van der Waals surface area contributed by atoms with Crippen LogP contribution in [-0.4, -0.2) is 10.2 Å². The van der Waals surface area contributed by atoms with Gasteiger partial charge in [0.1, 0.15) is 4.32 Å². The van der Waals surface area contributed by atoms with Gasteiger partial charge in [-0.25, -0.2) is 0 Å². The Bertz CT molecular complexity index is 517. The number of thioether (sulfide) groups is 1. The van der Waals surface area contributed by atoms with E-state index in [1.807, 2.05) is 49.4 Å². The summed E-state index contributed by atoms with van der Waals surface area (Å²) >= 11 is 6.26. The van der Waals surface area contributed by atoms with Crippen LogP contribution < -0.4 is 5.32 Å². The topological polar surface area (TPSA) is 29.1 Å². The van der Waals surface area contributed by atoms with E-state index >= 15 is 0 Å². The maximum atomic E-state index is 11.5. The molecule has 1 aliphatic rings. The molecule has 0 bridgehead atoms. The molecule has 1 heterocycles. The number of amides is 1. The minimum Gasteiger partial charge on any atom is -0.307 e. The lowest BCUT2D eigenvalue weighted by atomic mass is 10.1. The van der Waals surface area contributed by atoms with Gasteiger partial charge in [-0.15, -0.1) is 0 Å². The minimum absolute atomic E-state index is 0.102. The van der Waals surface area contributed by atoms with Gasteiger partial charge in [-0.2, -0.15) is 0 Å². The van der Waals surface area contributed by atoms with Crippen molar-refractivity contribution in [1.82, 2.24) is 5.32 Å². The SMILES string of the molecule is CC(C=Cc1ccccc1)=C1SC(=S)NC1=O. The maximum Gasteiger partial charge on any atom is 0.263 e. The fourth-order valence-electron chi connectivity index (χ4n) is 1.43. The van der Waals surface area contributed by atoms with Gasteiger partial charge in [-0.05, 0) is 18.1 Å². The zero-order valence-electron chi connectivity index (χ0n) is 9.27. The van der Waals surface area contributed by atoms with Gasteiger partial charge >= 0.3 is 0 Å². The van der Waals surface area contributed by atoms with Crippen LogP contribution in [0.15, 0.2) is 46.9 Å². The van der Waals surface area contributed by atoms with Crippen molar-refractivity contribution in [3.05, 3.63) is 52.4 Å². The largest absolute Gasteiger partial charge is 0.307 e. The molecule has 0 atom stereocenters. The maximum absolute atomic E-state index is 11.5. The van der Waals surface area contributed by atoms with Gasteiger partial charge in [0.15, 0.2) is 0 Å². The molecule has 1 aliphatic heterocycles. The first-order chi connectivity index (χ1) is 8.16. The van der Waals surface area contributed by atoms with Crippen molar-refractivity contribution >= 4 is 40.3 Å². The Hall–Kier alpha value is -1.39. The summed E-state index contributed by atoms with van der Waals surface area (Å²) in [5.74, 6) is -0.102. The highest BCUT2D eigenvalue weighted by Gasteiger charge is 2.23. The van der Waals surface area contributed by atoms with Gasteiger partial charge < -0.3 is 5.32 Å². The average molecular weight is 261 g/mol. The number of benzene rings is 1. The number of carbonyl (C=O) groups is 1. The summed E-state index contributed by atoms with van der Waals surface area (Å²) in [5.41, 5.74) is 2.04. The molecule has 86 valence electrons. The average Bonchev–Trinajstić information content (AvgIpc) is 2.67. The fourth-order valence-corrected chi connectivity index (χ4v) is 2.48. The number of carbonyl (C=O) groups excluding carboxylic acids is 1. The van der Waals surface area contributed by atoms with E-state index in [1.165, 1.54) is 11.8 Å². The summed E-state index contributed by atoms with van der Waals surface area (Å²) in [6.45, 7) is 1.91. The first kappa shape index (κ1) is 12.1. The van der Waals surface area contributed by atoms with E-state index in [0.717, 1.165) is 11.1 Å². The van der Waals surface area contributed by atoms with Crippen LogP contribution in [0.1, 0.15) is 12.5 Å². The standard InChI is InChI=1S/C13H11NOS2/c1-9(11-12(15)14-13(16)17-11)7-8-10-5-3-2-4-6-10/h2-8H,1H3,(H,14,15,16). The molecule has 1 aromatic carbocycles. The van der Waals surface area contributed by atoms with Crippen molar-refractivity contribution in [1.29, 1.82) is 0 Å². The molecule has 2 rings (SSSR count). The molecule has 1 N–H and O–H groups in total. The Labute approximate surface area is 110 Å². The molecular formula is C13H11NOS2. The number of allylic oxidation sites excluding steroid dienone is 2. The van der Waals surface area contributed by atoms with Crippen LogP contribution in [0.25, 0.3) is 6.08 Å². The van der Waals surface area contributed by atoms with Crippen molar-refractivity contribution in [2.75, 3.05) is 0 Å². The lowest BCUT2D eigenvalue weighted by molar-refractivity contribution is -0.115. The van der Waals surface area contributed by atoms with E-state index < -0.39 is 0 Å². The van der Waals surface area contributed by atoms with E-state index in [2.05, 4.69) is 5.32 Å². The molecule has 1 saturated heterocycles. The second-order valence-corrected chi connectivity index (χ2v) is 5.29. The van der Waals surface area contributed by atoms with E-state index in [0.29, 0.717) is 9.23 Å².